The number of rotatable bonds is 10. The van der Waals surface area contributed by atoms with Gasteiger partial charge >= 0.3 is 0 Å². The Morgan fingerprint density at radius 2 is 2.00 bits per heavy atom. The lowest BCUT2D eigenvalue weighted by atomic mass is 10.0. The number of morpholine rings is 1. The molecule has 0 radical (unpaired) electrons. The fourth-order valence-electron chi connectivity index (χ4n) is 4.37. The topological polar surface area (TPSA) is 61.4 Å². The molecule has 0 aliphatic carbocycles. The van der Waals surface area contributed by atoms with Gasteiger partial charge in [-0.05, 0) is 44.0 Å². The van der Waals surface area contributed by atoms with Crippen LogP contribution < -0.4 is 10.6 Å². The van der Waals surface area contributed by atoms with Gasteiger partial charge in [0, 0.05) is 45.9 Å². The molecular formula is C23H38FN5O2. The minimum atomic E-state index is -0.211. The van der Waals surface area contributed by atoms with Crippen molar-refractivity contribution in [1.29, 1.82) is 0 Å². The second-order valence-electron chi connectivity index (χ2n) is 8.14. The number of hydrogen-bond donors (Lipinski definition) is 2. The Bertz CT molecular complexity index is 666. The van der Waals surface area contributed by atoms with E-state index in [4.69, 9.17) is 14.5 Å². The van der Waals surface area contributed by atoms with Crippen LogP contribution >= 0.6 is 0 Å². The van der Waals surface area contributed by atoms with Crippen LogP contribution in [0.2, 0.25) is 0 Å². The second-order valence-corrected chi connectivity index (χ2v) is 8.14. The molecule has 2 atom stereocenters. The van der Waals surface area contributed by atoms with Crippen LogP contribution in [0.4, 0.5) is 4.39 Å². The van der Waals surface area contributed by atoms with Crippen molar-refractivity contribution in [3.05, 3.63) is 35.6 Å². The molecule has 2 fully saturated rings. The highest BCUT2D eigenvalue weighted by molar-refractivity contribution is 5.79. The first kappa shape index (κ1) is 23.9. The minimum Gasteiger partial charge on any atom is -0.383 e. The number of guanidine groups is 1. The van der Waals surface area contributed by atoms with E-state index in [0.717, 1.165) is 70.6 Å². The van der Waals surface area contributed by atoms with Crippen molar-refractivity contribution in [2.75, 3.05) is 72.7 Å². The van der Waals surface area contributed by atoms with Crippen LogP contribution in [0, 0.1) is 5.82 Å². The zero-order valence-electron chi connectivity index (χ0n) is 19.0. The van der Waals surface area contributed by atoms with Gasteiger partial charge in [-0.15, -0.1) is 0 Å². The number of nitrogens with zero attached hydrogens (tertiary/aromatic N) is 3. The van der Waals surface area contributed by atoms with Crippen molar-refractivity contribution in [1.82, 2.24) is 20.4 Å². The van der Waals surface area contributed by atoms with E-state index >= 15 is 0 Å². The number of ether oxygens (including phenoxy) is 2. The summed E-state index contributed by atoms with van der Waals surface area (Å²) in [5, 5.41) is 6.92. The summed E-state index contributed by atoms with van der Waals surface area (Å²) >= 11 is 0. The summed E-state index contributed by atoms with van der Waals surface area (Å²) in [6, 6.07) is 7.42. The van der Waals surface area contributed by atoms with E-state index < -0.39 is 0 Å². The molecule has 0 saturated carbocycles. The minimum absolute atomic E-state index is 0.102. The first-order valence-corrected chi connectivity index (χ1v) is 11.5. The zero-order valence-corrected chi connectivity index (χ0v) is 19.0. The fraction of sp³-hybridized carbons (Fsp3) is 0.696. The van der Waals surface area contributed by atoms with Crippen LogP contribution in [0.1, 0.15) is 31.4 Å². The summed E-state index contributed by atoms with van der Waals surface area (Å²) < 4.78 is 24.3. The van der Waals surface area contributed by atoms with Gasteiger partial charge in [-0.3, -0.25) is 14.8 Å². The second kappa shape index (κ2) is 13.0. The molecule has 1 aromatic carbocycles. The molecule has 2 saturated heterocycles. The first-order chi connectivity index (χ1) is 15.2. The lowest BCUT2D eigenvalue weighted by molar-refractivity contribution is 0.0179. The van der Waals surface area contributed by atoms with Crippen LogP contribution in [0.15, 0.2) is 29.3 Å². The predicted octanol–water partition coefficient (Wildman–Crippen LogP) is 1.86. The highest BCUT2D eigenvalue weighted by Gasteiger charge is 2.25. The third kappa shape index (κ3) is 7.42. The molecule has 2 aliphatic rings. The molecule has 3 rings (SSSR count). The van der Waals surface area contributed by atoms with Crippen molar-refractivity contribution >= 4 is 5.96 Å². The zero-order chi connectivity index (χ0) is 21.9. The average Bonchev–Trinajstić information content (AvgIpc) is 3.25. The molecular weight excluding hydrogens is 397 g/mol. The van der Waals surface area contributed by atoms with Gasteiger partial charge in [-0.25, -0.2) is 4.39 Å². The Labute approximate surface area is 186 Å². The third-order valence-corrected chi connectivity index (χ3v) is 6.09. The fourth-order valence-corrected chi connectivity index (χ4v) is 4.37. The molecule has 0 amide bonds. The van der Waals surface area contributed by atoms with Crippen molar-refractivity contribution in [2.45, 2.75) is 31.8 Å². The van der Waals surface area contributed by atoms with E-state index in [1.54, 1.807) is 7.11 Å². The Balaban J connectivity index is 1.64. The first-order valence-electron chi connectivity index (χ1n) is 11.5. The average molecular weight is 436 g/mol. The standard InChI is InChI=1S/C23H38FN5O2/c1-3-25-23(26-17-21-5-4-10-28(21)11-14-30-2)27-18-22(29-12-15-31-16-13-29)19-6-8-20(24)9-7-19/h6-9,21-22H,3-5,10-18H2,1-2H3,(H2,25,26,27). The number of methoxy groups -OCH3 is 1. The van der Waals surface area contributed by atoms with E-state index in [0.29, 0.717) is 12.6 Å². The van der Waals surface area contributed by atoms with E-state index in [2.05, 4.69) is 27.4 Å². The molecule has 1 aromatic rings. The normalized spacial score (nSPS) is 21.9. The number of aliphatic imine (C=N–C) groups is 1. The number of nitrogens with one attached hydrogen (secondary N) is 2. The molecule has 174 valence electrons. The van der Waals surface area contributed by atoms with Crippen molar-refractivity contribution in [3.63, 3.8) is 0 Å². The van der Waals surface area contributed by atoms with Gasteiger partial charge in [-0.1, -0.05) is 12.1 Å². The SMILES string of the molecule is CCNC(=NCC(c1ccc(F)cc1)N1CCOCC1)NCC1CCCN1CCOC. The maximum absolute atomic E-state index is 13.5. The molecule has 2 aliphatic heterocycles. The quantitative estimate of drug-likeness (QED) is 0.432. The number of hydrogen-bond acceptors (Lipinski definition) is 5. The lowest BCUT2D eigenvalue weighted by Crippen LogP contribution is -2.46. The Hall–Kier alpha value is -1.74. The van der Waals surface area contributed by atoms with Gasteiger partial charge in [-0.2, -0.15) is 0 Å². The number of benzene rings is 1. The summed E-state index contributed by atoms with van der Waals surface area (Å²) in [6.45, 7) is 10.4. The van der Waals surface area contributed by atoms with Crippen LogP contribution in [0.5, 0.6) is 0 Å². The van der Waals surface area contributed by atoms with E-state index in [1.165, 1.54) is 25.0 Å². The molecule has 7 nitrogen and oxygen atoms in total. The van der Waals surface area contributed by atoms with Gasteiger partial charge in [0.15, 0.2) is 5.96 Å². The predicted molar refractivity (Wildman–Crippen MR) is 122 cm³/mol. The Kier molecular flexibility index (Phi) is 9.99. The Morgan fingerprint density at radius 1 is 1.23 bits per heavy atom. The summed E-state index contributed by atoms with van der Waals surface area (Å²) in [6.07, 6.45) is 2.43. The summed E-state index contributed by atoms with van der Waals surface area (Å²) in [4.78, 5) is 9.79. The van der Waals surface area contributed by atoms with Gasteiger partial charge in [0.2, 0.25) is 0 Å². The van der Waals surface area contributed by atoms with E-state index in [-0.39, 0.29) is 11.9 Å². The van der Waals surface area contributed by atoms with Crippen LogP contribution in [0.3, 0.4) is 0 Å². The Morgan fingerprint density at radius 3 is 2.71 bits per heavy atom. The maximum Gasteiger partial charge on any atom is 0.191 e. The number of halogens is 1. The third-order valence-electron chi connectivity index (χ3n) is 6.09. The van der Waals surface area contributed by atoms with Gasteiger partial charge < -0.3 is 20.1 Å². The van der Waals surface area contributed by atoms with Gasteiger partial charge in [0.05, 0.1) is 32.4 Å². The molecule has 8 heteroatoms. The van der Waals surface area contributed by atoms with E-state index in [1.807, 2.05) is 12.1 Å². The molecule has 0 spiro atoms. The molecule has 2 unspecified atom stereocenters. The maximum atomic E-state index is 13.5. The molecule has 2 heterocycles. The molecule has 31 heavy (non-hydrogen) atoms. The largest absolute Gasteiger partial charge is 0.383 e. The molecule has 0 bridgehead atoms. The number of likely N-dealkylation sites (tertiary alicyclic amines) is 1. The lowest BCUT2D eigenvalue weighted by Gasteiger charge is -2.34. The molecule has 2 N–H and O–H groups in total. The highest BCUT2D eigenvalue weighted by atomic mass is 19.1. The van der Waals surface area contributed by atoms with Gasteiger partial charge in [0.25, 0.3) is 0 Å². The highest BCUT2D eigenvalue weighted by Crippen LogP contribution is 2.23. The summed E-state index contributed by atoms with van der Waals surface area (Å²) in [7, 11) is 1.76. The smallest absolute Gasteiger partial charge is 0.191 e. The van der Waals surface area contributed by atoms with Crippen molar-refractivity contribution in [3.8, 4) is 0 Å². The monoisotopic (exact) mass is 435 g/mol. The molecule has 0 aromatic heterocycles. The summed E-state index contributed by atoms with van der Waals surface area (Å²) in [5.41, 5.74) is 1.09. The van der Waals surface area contributed by atoms with E-state index in [9.17, 15) is 4.39 Å². The summed E-state index contributed by atoms with van der Waals surface area (Å²) in [5.74, 6) is 0.624. The van der Waals surface area contributed by atoms with Crippen molar-refractivity contribution in [2.24, 2.45) is 4.99 Å². The van der Waals surface area contributed by atoms with Crippen LogP contribution in [0.25, 0.3) is 0 Å². The van der Waals surface area contributed by atoms with Crippen LogP contribution in [-0.4, -0.2) is 94.5 Å². The van der Waals surface area contributed by atoms with Crippen molar-refractivity contribution < 1.29 is 13.9 Å². The van der Waals surface area contributed by atoms with Crippen LogP contribution in [-0.2, 0) is 9.47 Å². The van der Waals surface area contributed by atoms with Gasteiger partial charge in [0.1, 0.15) is 5.82 Å².